The minimum Gasteiger partial charge on any atom is -0.354 e. The molecule has 1 aliphatic heterocycles. The topological polar surface area (TPSA) is 41.1 Å². The van der Waals surface area contributed by atoms with Crippen molar-refractivity contribution in [2.75, 3.05) is 13.1 Å². The SMILES string of the molecule is Cl.O=C(NCC1CCCC1)[C@H]1CCCCN1. The van der Waals surface area contributed by atoms with Gasteiger partial charge >= 0.3 is 0 Å². The summed E-state index contributed by atoms with van der Waals surface area (Å²) in [7, 11) is 0. The van der Waals surface area contributed by atoms with E-state index in [4.69, 9.17) is 0 Å². The van der Waals surface area contributed by atoms with E-state index in [1.807, 2.05) is 0 Å². The van der Waals surface area contributed by atoms with Crippen LogP contribution in [0, 0.1) is 5.92 Å². The Morgan fingerprint density at radius 2 is 1.81 bits per heavy atom. The molecule has 2 rings (SSSR count). The maximum Gasteiger partial charge on any atom is 0.237 e. The fourth-order valence-corrected chi connectivity index (χ4v) is 2.66. The molecule has 1 atom stereocenters. The number of hydrogen-bond acceptors (Lipinski definition) is 2. The van der Waals surface area contributed by atoms with Crippen LogP contribution >= 0.6 is 12.4 Å². The highest BCUT2D eigenvalue weighted by Gasteiger charge is 2.22. The average Bonchev–Trinajstić information content (AvgIpc) is 2.80. The van der Waals surface area contributed by atoms with Crippen molar-refractivity contribution >= 4 is 18.3 Å². The Labute approximate surface area is 104 Å². The predicted molar refractivity (Wildman–Crippen MR) is 67.9 cm³/mol. The van der Waals surface area contributed by atoms with E-state index in [0.717, 1.165) is 25.4 Å². The maximum absolute atomic E-state index is 11.8. The molecule has 0 radical (unpaired) electrons. The van der Waals surface area contributed by atoms with Gasteiger partial charge in [-0.25, -0.2) is 0 Å². The third kappa shape index (κ3) is 3.95. The van der Waals surface area contributed by atoms with Gasteiger partial charge in [-0.1, -0.05) is 19.3 Å². The van der Waals surface area contributed by atoms with Gasteiger partial charge < -0.3 is 10.6 Å². The van der Waals surface area contributed by atoms with Crippen molar-refractivity contribution in [1.29, 1.82) is 0 Å². The Kier molecular flexibility index (Phi) is 6.14. The van der Waals surface area contributed by atoms with Gasteiger partial charge in [-0.05, 0) is 38.1 Å². The number of hydrogen-bond donors (Lipinski definition) is 2. The van der Waals surface area contributed by atoms with Crippen molar-refractivity contribution in [3.63, 3.8) is 0 Å². The van der Waals surface area contributed by atoms with E-state index in [-0.39, 0.29) is 24.4 Å². The van der Waals surface area contributed by atoms with E-state index in [2.05, 4.69) is 10.6 Å². The third-order valence-corrected chi connectivity index (χ3v) is 3.67. The second-order valence-electron chi connectivity index (χ2n) is 4.90. The van der Waals surface area contributed by atoms with Crippen molar-refractivity contribution in [1.82, 2.24) is 10.6 Å². The molecule has 2 aliphatic rings. The number of carbonyl (C=O) groups is 1. The largest absolute Gasteiger partial charge is 0.354 e. The summed E-state index contributed by atoms with van der Waals surface area (Å²) in [4.78, 5) is 11.8. The number of amides is 1. The smallest absolute Gasteiger partial charge is 0.237 e. The molecule has 94 valence electrons. The fourth-order valence-electron chi connectivity index (χ4n) is 2.66. The fraction of sp³-hybridized carbons (Fsp3) is 0.917. The highest BCUT2D eigenvalue weighted by atomic mass is 35.5. The van der Waals surface area contributed by atoms with Gasteiger partial charge in [-0.2, -0.15) is 0 Å². The molecule has 1 amide bonds. The third-order valence-electron chi connectivity index (χ3n) is 3.67. The summed E-state index contributed by atoms with van der Waals surface area (Å²) in [5.74, 6) is 0.971. The normalized spacial score (nSPS) is 26.1. The second-order valence-corrected chi connectivity index (χ2v) is 4.90. The molecule has 0 bridgehead atoms. The van der Waals surface area contributed by atoms with Gasteiger partial charge in [0.05, 0.1) is 6.04 Å². The van der Waals surface area contributed by atoms with Crippen molar-refractivity contribution in [3.8, 4) is 0 Å². The first-order chi connectivity index (χ1) is 7.36. The van der Waals surface area contributed by atoms with Crippen LogP contribution in [0.2, 0.25) is 0 Å². The minimum atomic E-state index is 0. The Bertz CT molecular complexity index is 211. The molecule has 0 aromatic carbocycles. The molecule has 0 unspecified atom stereocenters. The molecule has 0 aromatic rings. The molecule has 1 aliphatic carbocycles. The highest BCUT2D eigenvalue weighted by Crippen LogP contribution is 2.23. The molecular weight excluding hydrogens is 224 g/mol. The Hall–Kier alpha value is -0.280. The maximum atomic E-state index is 11.8. The first kappa shape index (κ1) is 13.8. The van der Waals surface area contributed by atoms with Gasteiger partial charge in [-0.15, -0.1) is 12.4 Å². The van der Waals surface area contributed by atoms with Crippen LogP contribution in [0.15, 0.2) is 0 Å². The van der Waals surface area contributed by atoms with Crippen molar-refractivity contribution < 1.29 is 4.79 Å². The lowest BCUT2D eigenvalue weighted by Gasteiger charge is -2.23. The monoisotopic (exact) mass is 246 g/mol. The molecule has 0 spiro atoms. The average molecular weight is 247 g/mol. The summed E-state index contributed by atoms with van der Waals surface area (Å²) in [6.45, 7) is 1.90. The summed E-state index contributed by atoms with van der Waals surface area (Å²) < 4.78 is 0. The van der Waals surface area contributed by atoms with Crippen LogP contribution in [0.3, 0.4) is 0 Å². The standard InChI is InChI=1S/C12H22N2O.ClH/c15-12(11-7-3-4-8-13-11)14-9-10-5-1-2-6-10;/h10-11,13H,1-9H2,(H,14,15);1H/t11-;/m1./s1. The number of nitrogens with one attached hydrogen (secondary N) is 2. The zero-order valence-corrected chi connectivity index (χ0v) is 10.7. The molecule has 1 heterocycles. The molecule has 3 nitrogen and oxygen atoms in total. The van der Waals surface area contributed by atoms with Gasteiger partial charge in [0.1, 0.15) is 0 Å². The second kappa shape index (κ2) is 7.13. The van der Waals surface area contributed by atoms with Gasteiger partial charge in [0.25, 0.3) is 0 Å². The molecule has 4 heteroatoms. The van der Waals surface area contributed by atoms with Crippen LogP contribution in [0.4, 0.5) is 0 Å². The number of carbonyl (C=O) groups excluding carboxylic acids is 1. The highest BCUT2D eigenvalue weighted by molar-refractivity contribution is 5.85. The lowest BCUT2D eigenvalue weighted by atomic mass is 10.0. The van der Waals surface area contributed by atoms with Gasteiger partial charge in [0.2, 0.25) is 5.91 Å². The first-order valence-electron chi connectivity index (χ1n) is 6.37. The van der Waals surface area contributed by atoms with Crippen molar-refractivity contribution in [3.05, 3.63) is 0 Å². The van der Waals surface area contributed by atoms with Crippen LogP contribution < -0.4 is 10.6 Å². The number of piperidine rings is 1. The molecule has 2 fully saturated rings. The number of halogens is 1. The van der Waals surface area contributed by atoms with Crippen molar-refractivity contribution in [2.45, 2.75) is 51.0 Å². The summed E-state index contributed by atoms with van der Waals surface area (Å²) in [6.07, 6.45) is 8.72. The zero-order valence-electron chi connectivity index (χ0n) is 9.84. The Morgan fingerprint density at radius 1 is 1.12 bits per heavy atom. The van der Waals surface area contributed by atoms with E-state index in [9.17, 15) is 4.79 Å². The Balaban J connectivity index is 0.00000128. The first-order valence-corrected chi connectivity index (χ1v) is 6.37. The van der Waals surface area contributed by atoms with Crippen LogP contribution in [-0.2, 0) is 4.79 Å². The molecule has 1 saturated heterocycles. The zero-order chi connectivity index (χ0) is 10.5. The minimum absolute atomic E-state index is 0. The molecule has 0 aromatic heterocycles. The Morgan fingerprint density at radius 3 is 2.44 bits per heavy atom. The van der Waals surface area contributed by atoms with E-state index < -0.39 is 0 Å². The van der Waals surface area contributed by atoms with Gasteiger partial charge in [-0.3, -0.25) is 4.79 Å². The molecular formula is C12H23ClN2O. The lowest BCUT2D eigenvalue weighted by Crippen LogP contribution is -2.47. The summed E-state index contributed by atoms with van der Waals surface area (Å²) >= 11 is 0. The van der Waals surface area contributed by atoms with E-state index in [1.54, 1.807) is 0 Å². The van der Waals surface area contributed by atoms with E-state index in [1.165, 1.54) is 38.5 Å². The molecule has 16 heavy (non-hydrogen) atoms. The van der Waals surface area contributed by atoms with Crippen LogP contribution in [0.5, 0.6) is 0 Å². The van der Waals surface area contributed by atoms with E-state index in [0.29, 0.717) is 0 Å². The predicted octanol–water partition coefficient (Wildman–Crippen LogP) is 1.86. The number of rotatable bonds is 3. The summed E-state index contributed by atoms with van der Waals surface area (Å²) in [6, 6.07) is 0.0835. The molecule has 2 N–H and O–H groups in total. The lowest BCUT2D eigenvalue weighted by molar-refractivity contribution is -0.123. The molecule has 1 saturated carbocycles. The van der Waals surface area contributed by atoms with Gasteiger partial charge in [0.15, 0.2) is 0 Å². The quantitative estimate of drug-likeness (QED) is 0.798. The van der Waals surface area contributed by atoms with E-state index >= 15 is 0 Å². The van der Waals surface area contributed by atoms with Crippen molar-refractivity contribution in [2.24, 2.45) is 5.92 Å². The summed E-state index contributed by atoms with van der Waals surface area (Å²) in [5, 5.41) is 6.38. The van der Waals surface area contributed by atoms with Crippen LogP contribution in [-0.4, -0.2) is 25.0 Å². The van der Waals surface area contributed by atoms with Crippen LogP contribution in [0.25, 0.3) is 0 Å². The summed E-state index contributed by atoms with van der Waals surface area (Å²) in [5.41, 5.74) is 0. The van der Waals surface area contributed by atoms with Crippen LogP contribution in [0.1, 0.15) is 44.9 Å². The van der Waals surface area contributed by atoms with Gasteiger partial charge in [0, 0.05) is 6.54 Å².